The highest BCUT2D eigenvalue weighted by Crippen LogP contribution is 2.16. The molecule has 0 saturated heterocycles. The lowest BCUT2D eigenvalue weighted by atomic mass is 10.3. The Bertz CT molecular complexity index is 690. The van der Waals surface area contributed by atoms with Gasteiger partial charge in [-0.1, -0.05) is 0 Å². The van der Waals surface area contributed by atoms with E-state index in [2.05, 4.69) is 20.9 Å². The van der Waals surface area contributed by atoms with Gasteiger partial charge in [0, 0.05) is 7.05 Å². The van der Waals surface area contributed by atoms with E-state index in [4.69, 9.17) is 13.9 Å². The molecular formula is C18H25IN4O4. The highest BCUT2D eigenvalue weighted by molar-refractivity contribution is 14.0. The number of hydrogen-bond donors (Lipinski definition) is 3. The lowest BCUT2D eigenvalue weighted by Crippen LogP contribution is -2.44. The Balaban J connectivity index is 0.00000364. The van der Waals surface area contributed by atoms with Crippen LogP contribution in [-0.2, 0) is 11.3 Å². The molecule has 1 aromatic heterocycles. The molecular weight excluding hydrogens is 463 g/mol. The molecule has 0 bridgehead atoms. The molecule has 1 amide bonds. The van der Waals surface area contributed by atoms with Crippen molar-refractivity contribution in [3.63, 3.8) is 0 Å². The number of carbonyl (C=O) groups is 1. The second-order valence-corrected chi connectivity index (χ2v) is 5.23. The minimum atomic E-state index is -0.154. The summed E-state index contributed by atoms with van der Waals surface area (Å²) in [5, 5.41) is 8.76. The summed E-state index contributed by atoms with van der Waals surface area (Å²) in [5.41, 5.74) is 0. The molecule has 27 heavy (non-hydrogen) atoms. The van der Waals surface area contributed by atoms with E-state index in [-0.39, 0.29) is 36.4 Å². The van der Waals surface area contributed by atoms with E-state index in [1.165, 1.54) is 0 Å². The van der Waals surface area contributed by atoms with Crippen LogP contribution in [0.4, 0.5) is 0 Å². The molecule has 9 heteroatoms. The molecule has 0 aliphatic heterocycles. The largest absolute Gasteiger partial charge is 0.497 e. The zero-order chi connectivity index (χ0) is 18.6. The number of hydrogen-bond acceptors (Lipinski definition) is 5. The first-order valence-corrected chi connectivity index (χ1v) is 8.21. The fraction of sp³-hybridized carbons (Fsp3) is 0.333. The van der Waals surface area contributed by atoms with Crippen LogP contribution in [0, 0.1) is 0 Å². The lowest BCUT2D eigenvalue weighted by Gasteiger charge is -2.12. The van der Waals surface area contributed by atoms with E-state index < -0.39 is 0 Å². The highest BCUT2D eigenvalue weighted by atomic mass is 127. The van der Waals surface area contributed by atoms with Crippen molar-refractivity contribution < 1.29 is 18.7 Å². The summed E-state index contributed by atoms with van der Waals surface area (Å²) in [7, 11) is 3.26. The number of methoxy groups -OCH3 is 1. The molecule has 0 atom stereocenters. The average Bonchev–Trinajstić information content (AvgIpc) is 3.20. The number of carbonyl (C=O) groups excluding carboxylic acids is 1. The molecule has 0 aliphatic carbocycles. The molecule has 0 fully saturated rings. The third kappa shape index (κ3) is 8.67. The van der Waals surface area contributed by atoms with Gasteiger partial charge in [-0.2, -0.15) is 0 Å². The summed E-state index contributed by atoms with van der Waals surface area (Å²) < 4.78 is 15.9. The zero-order valence-corrected chi connectivity index (χ0v) is 17.7. The van der Waals surface area contributed by atoms with Gasteiger partial charge < -0.3 is 29.8 Å². The number of nitrogens with one attached hydrogen (secondary N) is 3. The molecule has 0 unspecified atom stereocenters. The third-order valence-corrected chi connectivity index (χ3v) is 3.40. The van der Waals surface area contributed by atoms with E-state index in [0.29, 0.717) is 31.4 Å². The number of amides is 1. The molecule has 2 rings (SSSR count). The number of ether oxygens (including phenoxy) is 2. The molecule has 0 aliphatic rings. The quantitative estimate of drug-likeness (QED) is 0.216. The van der Waals surface area contributed by atoms with Gasteiger partial charge in [0.1, 0.15) is 23.9 Å². The predicted molar refractivity (Wildman–Crippen MR) is 114 cm³/mol. The van der Waals surface area contributed by atoms with Gasteiger partial charge in [-0.05, 0) is 36.4 Å². The average molecular weight is 488 g/mol. The maximum absolute atomic E-state index is 11.8. The van der Waals surface area contributed by atoms with E-state index in [1.54, 1.807) is 32.6 Å². The van der Waals surface area contributed by atoms with Crippen molar-refractivity contribution in [2.45, 2.75) is 6.54 Å². The van der Waals surface area contributed by atoms with Crippen molar-refractivity contribution >= 4 is 35.8 Å². The molecule has 0 radical (unpaired) electrons. The van der Waals surface area contributed by atoms with Gasteiger partial charge in [-0.25, -0.2) is 0 Å². The topological polar surface area (TPSA) is 97.1 Å². The Morgan fingerprint density at radius 2 is 1.85 bits per heavy atom. The molecule has 1 heterocycles. The van der Waals surface area contributed by atoms with Crippen molar-refractivity contribution in [1.29, 1.82) is 0 Å². The van der Waals surface area contributed by atoms with Crippen LogP contribution in [0.15, 0.2) is 52.1 Å². The Kier molecular flexibility index (Phi) is 10.8. The lowest BCUT2D eigenvalue weighted by molar-refractivity contribution is -0.120. The molecule has 148 valence electrons. The number of guanidine groups is 1. The van der Waals surface area contributed by atoms with Crippen molar-refractivity contribution in [1.82, 2.24) is 16.0 Å². The zero-order valence-electron chi connectivity index (χ0n) is 15.4. The molecule has 8 nitrogen and oxygen atoms in total. The Hall–Kier alpha value is -2.43. The normalized spacial score (nSPS) is 10.5. The number of nitrogens with zero attached hydrogens (tertiary/aromatic N) is 1. The summed E-state index contributed by atoms with van der Waals surface area (Å²) in [6.07, 6.45) is 1.57. The predicted octanol–water partition coefficient (Wildman–Crippen LogP) is 1.77. The van der Waals surface area contributed by atoms with Gasteiger partial charge in [-0.3, -0.25) is 9.79 Å². The minimum absolute atomic E-state index is 0. The first-order valence-electron chi connectivity index (χ1n) is 8.21. The molecule has 1 aromatic carbocycles. The summed E-state index contributed by atoms with van der Waals surface area (Å²) >= 11 is 0. The first-order chi connectivity index (χ1) is 12.7. The molecule has 0 spiro atoms. The molecule has 2 aromatic rings. The Labute approximate surface area is 175 Å². The number of benzene rings is 1. The third-order valence-electron chi connectivity index (χ3n) is 3.40. The van der Waals surface area contributed by atoms with Crippen molar-refractivity contribution in [3.8, 4) is 11.5 Å². The number of rotatable bonds is 9. The standard InChI is InChI=1S/C18H24N4O4.HI/c1-19-18(22-13-17(23)21-12-16-4-3-10-25-16)20-9-11-26-15-7-5-14(24-2)6-8-15;/h3-8,10H,9,11-13H2,1-2H3,(H,21,23)(H2,19,20,22);1H. The van der Waals surface area contributed by atoms with Crippen molar-refractivity contribution in [2.24, 2.45) is 4.99 Å². The highest BCUT2D eigenvalue weighted by Gasteiger charge is 2.04. The molecule has 0 saturated carbocycles. The second kappa shape index (κ2) is 12.8. The number of aliphatic imine (C=N–C) groups is 1. The van der Waals surface area contributed by atoms with Crippen LogP contribution in [0.2, 0.25) is 0 Å². The summed E-state index contributed by atoms with van der Waals surface area (Å²) in [5.74, 6) is 2.62. The maximum Gasteiger partial charge on any atom is 0.239 e. The van der Waals surface area contributed by atoms with Gasteiger partial charge in [0.25, 0.3) is 0 Å². The van der Waals surface area contributed by atoms with Crippen LogP contribution in [0.1, 0.15) is 5.76 Å². The summed E-state index contributed by atoms with van der Waals surface area (Å²) in [4.78, 5) is 15.9. The van der Waals surface area contributed by atoms with Crippen LogP contribution in [0.3, 0.4) is 0 Å². The summed E-state index contributed by atoms with van der Waals surface area (Å²) in [6.45, 7) is 1.46. The van der Waals surface area contributed by atoms with E-state index in [0.717, 1.165) is 11.5 Å². The van der Waals surface area contributed by atoms with Gasteiger partial charge in [0.15, 0.2) is 5.96 Å². The van der Waals surface area contributed by atoms with Gasteiger partial charge >= 0.3 is 0 Å². The van der Waals surface area contributed by atoms with Gasteiger partial charge in [0.2, 0.25) is 5.91 Å². The Morgan fingerprint density at radius 3 is 2.48 bits per heavy atom. The fourth-order valence-corrected chi connectivity index (χ4v) is 2.06. The second-order valence-electron chi connectivity index (χ2n) is 5.23. The van der Waals surface area contributed by atoms with Crippen LogP contribution >= 0.6 is 24.0 Å². The van der Waals surface area contributed by atoms with Crippen LogP contribution in [-0.4, -0.2) is 45.7 Å². The maximum atomic E-state index is 11.8. The van der Waals surface area contributed by atoms with Gasteiger partial charge in [0.05, 0.1) is 33.0 Å². The van der Waals surface area contributed by atoms with E-state index >= 15 is 0 Å². The van der Waals surface area contributed by atoms with Crippen molar-refractivity contribution in [2.75, 3.05) is 33.9 Å². The SMILES string of the molecule is CN=C(NCCOc1ccc(OC)cc1)NCC(=O)NCc1ccco1.I. The van der Waals surface area contributed by atoms with E-state index in [1.807, 2.05) is 24.3 Å². The molecule has 3 N–H and O–H groups in total. The number of furan rings is 1. The van der Waals surface area contributed by atoms with Crippen molar-refractivity contribution in [3.05, 3.63) is 48.4 Å². The fourth-order valence-electron chi connectivity index (χ4n) is 2.06. The van der Waals surface area contributed by atoms with Crippen LogP contribution in [0.5, 0.6) is 11.5 Å². The minimum Gasteiger partial charge on any atom is -0.497 e. The number of halogens is 1. The first kappa shape index (κ1) is 22.6. The van der Waals surface area contributed by atoms with Crippen LogP contribution < -0.4 is 25.4 Å². The van der Waals surface area contributed by atoms with Crippen LogP contribution in [0.25, 0.3) is 0 Å². The summed E-state index contributed by atoms with van der Waals surface area (Å²) in [6, 6.07) is 10.9. The smallest absolute Gasteiger partial charge is 0.239 e. The van der Waals surface area contributed by atoms with Gasteiger partial charge in [-0.15, -0.1) is 24.0 Å². The Morgan fingerprint density at radius 1 is 1.11 bits per heavy atom. The monoisotopic (exact) mass is 488 g/mol. The van der Waals surface area contributed by atoms with E-state index in [9.17, 15) is 4.79 Å².